The molecule has 1 aliphatic rings. The van der Waals surface area contributed by atoms with E-state index in [1.807, 2.05) is 0 Å². The number of carbonyl (C=O) groups is 1. The van der Waals surface area contributed by atoms with Crippen molar-refractivity contribution < 1.29 is 9.90 Å². The summed E-state index contributed by atoms with van der Waals surface area (Å²) in [6.45, 7) is 3.78. The number of carboxylic acid groups (broad SMARTS) is 1. The van der Waals surface area contributed by atoms with E-state index < -0.39 is 5.97 Å². The van der Waals surface area contributed by atoms with Crippen LogP contribution in [0.3, 0.4) is 0 Å². The van der Waals surface area contributed by atoms with E-state index in [0.29, 0.717) is 12.6 Å². The lowest BCUT2D eigenvalue weighted by molar-refractivity contribution is -0.137. The largest absolute Gasteiger partial charge is 0.481 e. The highest BCUT2D eigenvalue weighted by atomic mass is 16.4. The lowest BCUT2D eigenvalue weighted by Gasteiger charge is -2.28. The Morgan fingerprint density at radius 1 is 1.39 bits per heavy atom. The van der Waals surface area contributed by atoms with Crippen molar-refractivity contribution >= 4 is 5.97 Å². The van der Waals surface area contributed by atoms with Crippen molar-refractivity contribution in [2.45, 2.75) is 38.6 Å². The molecule has 0 heterocycles. The van der Waals surface area contributed by atoms with Crippen molar-refractivity contribution in [2.24, 2.45) is 0 Å². The Kier molecular flexibility index (Phi) is 4.37. The number of benzene rings is 1. The molecule has 0 aromatic heterocycles. The van der Waals surface area contributed by atoms with E-state index in [1.54, 1.807) is 0 Å². The van der Waals surface area contributed by atoms with Gasteiger partial charge in [0.25, 0.3) is 0 Å². The van der Waals surface area contributed by atoms with Gasteiger partial charge in [0.2, 0.25) is 0 Å². The maximum Gasteiger partial charge on any atom is 0.304 e. The van der Waals surface area contributed by atoms with Crippen LogP contribution in [-0.2, 0) is 11.2 Å². The first kappa shape index (κ1) is 13.1. The van der Waals surface area contributed by atoms with Crippen molar-refractivity contribution in [3.05, 3.63) is 35.4 Å². The summed E-state index contributed by atoms with van der Waals surface area (Å²) in [6.07, 6.45) is 3.55. The molecular weight excluding hydrogens is 226 g/mol. The second kappa shape index (κ2) is 6.01. The third-order valence-electron chi connectivity index (χ3n) is 3.67. The summed E-state index contributed by atoms with van der Waals surface area (Å²) in [5, 5.41) is 8.84. The Bertz CT molecular complexity index is 417. The summed E-state index contributed by atoms with van der Waals surface area (Å²) in [4.78, 5) is 13.1. The molecule has 2 rings (SSSR count). The Balaban J connectivity index is 2.10. The van der Waals surface area contributed by atoms with E-state index in [2.05, 4.69) is 36.1 Å². The second-order valence-electron chi connectivity index (χ2n) is 4.93. The van der Waals surface area contributed by atoms with Crippen LogP contribution in [0.1, 0.15) is 43.4 Å². The standard InChI is InChI=1S/C15H21NO2/c1-2-10-16(11-9-15(17)18)14-8-7-12-5-3-4-6-13(12)14/h3-6,14H,2,7-11H2,1H3,(H,17,18). The minimum absolute atomic E-state index is 0.235. The number of aryl methyl sites for hydroxylation is 1. The molecule has 98 valence electrons. The molecule has 18 heavy (non-hydrogen) atoms. The molecule has 3 heteroatoms. The van der Waals surface area contributed by atoms with Crippen LogP contribution in [0.25, 0.3) is 0 Å². The number of nitrogens with zero attached hydrogens (tertiary/aromatic N) is 1. The van der Waals surface area contributed by atoms with Crippen LogP contribution in [0.2, 0.25) is 0 Å². The summed E-state index contributed by atoms with van der Waals surface area (Å²) >= 11 is 0. The molecule has 1 aliphatic carbocycles. The summed E-state index contributed by atoms with van der Waals surface area (Å²) in [7, 11) is 0. The number of aliphatic carboxylic acids is 1. The minimum atomic E-state index is -0.706. The van der Waals surface area contributed by atoms with Gasteiger partial charge in [-0.2, -0.15) is 0 Å². The Labute approximate surface area is 108 Å². The quantitative estimate of drug-likeness (QED) is 0.840. The summed E-state index contributed by atoms with van der Waals surface area (Å²) < 4.78 is 0. The van der Waals surface area contributed by atoms with Gasteiger partial charge in [-0.25, -0.2) is 0 Å². The third kappa shape index (κ3) is 2.91. The molecule has 0 spiro atoms. The highest BCUT2D eigenvalue weighted by Crippen LogP contribution is 2.35. The van der Waals surface area contributed by atoms with Crippen LogP contribution < -0.4 is 0 Å². The zero-order chi connectivity index (χ0) is 13.0. The van der Waals surface area contributed by atoms with Crippen LogP contribution in [-0.4, -0.2) is 29.1 Å². The number of rotatable bonds is 6. The van der Waals surface area contributed by atoms with Crippen LogP contribution in [0.15, 0.2) is 24.3 Å². The maximum absolute atomic E-state index is 10.7. The topological polar surface area (TPSA) is 40.5 Å². The first-order valence-corrected chi connectivity index (χ1v) is 6.76. The normalized spacial score (nSPS) is 18.0. The molecule has 0 aliphatic heterocycles. The van der Waals surface area contributed by atoms with Crippen molar-refractivity contribution in [3.63, 3.8) is 0 Å². The van der Waals surface area contributed by atoms with Gasteiger partial charge in [-0.15, -0.1) is 0 Å². The molecule has 1 aromatic rings. The van der Waals surface area contributed by atoms with Gasteiger partial charge in [0, 0.05) is 12.6 Å². The van der Waals surface area contributed by atoms with Gasteiger partial charge in [0.15, 0.2) is 0 Å². The van der Waals surface area contributed by atoms with Gasteiger partial charge in [-0.3, -0.25) is 9.69 Å². The van der Waals surface area contributed by atoms with E-state index >= 15 is 0 Å². The van der Waals surface area contributed by atoms with Crippen LogP contribution in [0.4, 0.5) is 0 Å². The zero-order valence-electron chi connectivity index (χ0n) is 10.9. The number of fused-ring (bicyclic) bond motifs is 1. The lowest BCUT2D eigenvalue weighted by Crippen LogP contribution is -2.30. The average molecular weight is 247 g/mol. The van der Waals surface area contributed by atoms with Gasteiger partial charge in [0.05, 0.1) is 6.42 Å². The second-order valence-corrected chi connectivity index (χ2v) is 4.93. The number of hydrogen-bond acceptors (Lipinski definition) is 2. The monoisotopic (exact) mass is 247 g/mol. The van der Waals surface area contributed by atoms with E-state index in [0.717, 1.165) is 25.8 Å². The first-order chi connectivity index (χ1) is 8.72. The van der Waals surface area contributed by atoms with Crippen molar-refractivity contribution in [3.8, 4) is 0 Å². The summed E-state index contributed by atoms with van der Waals surface area (Å²) in [5.74, 6) is -0.706. The molecule has 1 unspecified atom stereocenters. The van der Waals surface area contributed by atoms with Crippen molar-refractivity contribution in [1.82, 2.24) is 4.90 Å². The fraction of sp³-hybridized carbons (Fsp3) is 0.533. The molecule has 0 saturated heterocycles. The molecule has 1 atom stereocenters. The van der Waals surface area contributed by atoms with E-state index in [9.17, 15) is 4.79 Å². The predicted octanol–water partition coefficient (Wildman–Crippen LogP) is 2.86. The van der Waals surface area contributed by atoms with Crippen LogP contribution in [0, 0.1) is 0 Å². The molecule has 0 radical (unpaired) electrons. The summed E-state index contributed by atoms with van der Waals surface area (Å²) in [6, 6.07) is 8.97. The van der Waals surface area contributed by atoms with Gasteiger partial charge in [-0.1, -0.05) is 31.2 Å². The van der Waals surface area contributed by atoms with Crippen LogP contribution >= 0.6 is 0 Å². The molecule has 3 nitrogen and oxygen atoms in total. The molecule has 0 bridgehead atoms. The molecule has 0 amide bonds. The molecule has 1 N–H and O–H groups in total. The molecular formula is C15H21NO2. The fourth-order valence-corrected chi connectivity index (χ4v) is 2.86. The predicted molar refractivity (Wildman–Crippen MR) is 71.6 cm³/mol. The lowest BCUT2D eigenvalue weighted by atomic mass is 10.1. The Morgan fingerprint density at radius 3 is 2.89 bits per heavy atom. The van der Waals surface area contributed by atoms with Gasteiger partial charge < -0.3 is 5.11 Å². The van der Waals surface area contributed by atoms with Crippen LogP contribution in [0.5, 0.6) is 0 Å². The number of carboxylic acids is 1. The third-order valence-corrected chi connectivity index (χ3v) is 3.67. The first-order valence-electron chi connectivity index (χ1n) is 6.76. The highest BCUT2D eigenvalue weighted by Gasteiger charge is 2.27. The highest BCUT2D eigenvalue weighted by molar-refractivity contribution is 5.66. The van der Waals surface area contributed by atoms with E-state index in [1.165, 1.54) is 11.1 Å². The van der Waals surface area contributed by atoms with Gasteiger partial charge in [-0.05, 0) is 36.9 Å². The maximum atomic E-state index is 10.7. The molecule has 0 fully saturated rings. The Morgan fingerprint density at radius 2 is 2.17 bits per heavy atom. The fourth-order valence-electron chi connectivity index (χ4n) is 2.86. The van der Waals surface area contributed by atoms with Crippen molar-refractivity contribution in [2.75, 3.05) is 13.1 Å². The minimum Gasteiger partial charge on any atom is -0.481 e. The van der Waals surface area contributed by atoms with Gasteiger partial charge in [0.1, 0.15) is 0 Å². The van der Waals surface area contributed by atoms with E-state index in [-0.39, 0.29) is 6.42 Å². The van der Waals surface area contributed by atoms with Crippen molar-refractivity contribution in [1.29, 1.82) is 0 Å². The van der Waals surface area contributed by atoms with E-state index in [4.69, 9.17) is 5.11 Å². The SMILES string of the molecule is CCCN(CCC(=O)O)C1CCc2ccccc21. The average Bonchev–Trinajstić information content (AvgIpc) is 2.78. The van der Waals surface area contributed by atoms with Gasteiger partial charge >= 0.3 is 5.97 Å². The smallest absolute Gasteiger partial charge is 0.304 e. The zero-order valence-corrected chi connectivity index (χ0v) is 10.9. The number of hydrogen-bond donors (Lipinski definition) is 1. The molecule has 0 saturated carbocycles. The Hall–Kier alpha value is -1.35. The summed E-state index contributed by atoms with van der Waals surface area (Å²) in [5.41, 5.74) is 2.83. The molecule has 1 aromatic carbocycles.